The van der Waals surface area contributed by atoms with E-state index in [4.69, 9.17) is 0 Å². The summed E-state index contributed by atoms with van der Waals surface area (Å²) in [4.78, 5) is 51.1. The van der Waals surface area contributed by atoms with Gasteiger partial charge in [-0.15, -0.1) is 0 Å². The van der Waals surface area contributed by atoms with Crippen molar-refractivity contribution in [2.24, 2.45) is 0 Å². The van der Waals surface area contributed by atoms with Crippen LogP contribution in [0.4, 0.5) is 0 Å². The molecule has 0 radical (unpaired) electrons. The number of carbonyl (C=O) groups is 4. The van der Waals surface area contributed by atoms with Crippen molar-refractivity contribution < 1.29 is 29.4 Å². The van der Waals surface area contributed by atoms with Gasteiger partial charge in [0.1, 0.15) is 0 Å². The van der Waals surface area contributed by atoms with Crippen LogP contribution >= 0.6 is 0 Å². The van der Waals surface area contributed by atoms with Gasteiger partial charge >= 0.3 is 11.9 Å². The van der Waals surface area contributed by atoms with Crippen LogP contribution in [0.5, 0.6) is 0 Å². The van der Waals surface area contributed by atoms with Gasteiger partial charge in [0, 0.05) is 25.2 Å². The van der Waals surface area contributed by atoms with Crippen LogP contribution in [-0.2, 0) is 19.2 Å². The molecule has 0 spiro atoms. The first-order chi connectivity index (χ1) is 15.3. The molecule has 1 aliphatic carbocycles. The zero-order chi connectivity index (χ0) is 23.9. The standard InChI is InChI=1S/C22H40N4O6/c1-3-5-11-23-19(27)13-25(15-21(29)30)17-9-7-8-10-18(17)26(16-22(31)32)14-20(28)24-12-6-4-2/h17-18H,3-16H2,1-2H3,(H,23,27)(H,24,28)(H,29,30)(H,31,32). The molecule has 1 fully saturated rings. The fourth-order valence-corrected chi connectivity index (χ4v) is 4.16. The van der Waals surface area contributed by atoms with Gasteiger partial charge in [-0.25, -0.2) is 0 Å². The minimum absolute atomic E-state index is 0.0687. The van der Waals surface area contributed by atoms with Gasteiger partial charge in [-0.2, -0.15) is 0 Å². The van der Waals surface area contributed by atoms with Crippen molar-refractivity contribution >= 4 is 23.8 Å². The predicted octanol–water partition coefficient (Wildman–Crippen LogP) is 0.903. The van der Waals surface area contributed by atoms with E-state index in [1.165, 1.54) is 0 Å². The summed E-state index contributed by atoms with van der Waals surface area (Å²) in [6, 6.07) is -0.640. The lowest BCUT2D eigenvalue weighted by Crippen LogP contribution is -2.58. The summed E-state index contributed by atoms with van der Waals surface area (Å²) >= 11 is 0. The Balaban J connectivity index is 2.98. The van der Waals surface area contributed by atoms with E-state index in [1.807, 2.05) is 13.8 Å². The Kier molecular flexibility index (Phi) is 13.5. The molecular formula is C22H40N4O6. The van der Waals surface area contributed by atoms with E-state index in [9.17, 15) is 29.4 Å². The molecule has 10 nitrogen and oxygen atoms in total. The molecule has 0 saturated heterocycles. The number of carboxylic acid groups (broad SMARTS) is 2. The number of carbonyl (C=O) groups excluding carboxylic acids is 2. The van der Waals surface area contributed by atoms with Gasteiger partial charge in [0.2, 0.25) is 11.8 Å². The highest BCUT2D eigenvalue weighted by molar-refractivity contribution is 5.79. The lowest BCUT2D eigenvalue weighted by molar-refractivity contribution is -0.144. The minimum Gasteiger partial charge on any atom is -0.480 e. The van der Waals surface area contributed by atoms with Gasteiger partial charge in [-0.3, -0.25) is 29.0 Å². The van der Waals surface area contributed by atoms with Crippen LogP contribution in [0.2, 0.25) is 0 Å². The second-order valence-corrected chi connectivity index (χ2v) is 8.42. The van der Waals surface area contributed by atoms with Crippen LogP contribution < -0.4 is 10.6 Å². The zero-order valence-corrected chi connectivity index (χ0v) is 19.5. The molecule has 2 atom stereocenters. The van der Waals surface area contributed by atoms with Crippen molar-refractivity contribution in [2.75, 3.05) is 39.3 Å². The number of nitrogens with one attached hydrogen (secondary N) is 2. The first-order valence-corrected chi connectivity index (χ1v) is 11.7. The van der Waals surface area contributed by atoms with Crippen LogP contribution in [0.3, 0.4) is 0 Å². The van der Waals surface area contributed by atoms with Crippen molar-refractivity contribution in [2.45, 2.75) is 77.3 Å². The first kappa shape index (κ1) is 27.8. The smallest absolute Gasteiger partial charge is 0.317 e. The molecular weight excluding hydrogens is 416 g/mol. The van der Waals surface area contributed by atoms with E-state index < -0.39 is 11.9 Å². The number of carboxylic acids is 2. The summed E-state index contributed by atoms with van der Waals surface area (Å²) in [6.45, 7) is 4.34. The number of unbranched alkanes of at least 4 members (excludes halogenated alkanes) is 2. The summed E-state index contributed by atoms with van der Waals surface area (Å²) in [6.07, 6.45) is 6.58. The summed E-state index contributed by atoms with van der Waals surface area (Å²) < 4.78 is 0. The third-order valence-corrected chi connectivity index (χ3v) is 5.71. The molecule has 2 amide bonds. The largest absolute Gasteiger partial charge is 0.480 e. The summed E-state index contributed by atoms with van der Waals surface area (Å²) in [5.41, 5.74) is 0. The third-order valence-electron chi connectivity index (χ3n) is 5.71. The van der Waals surface area contributed by atoms with Crippen LogP contribution in [0.25, 0.3) is 0 Å². The Morgan fingerprint density at radius 2 is 1.09 bits per heavy atom. The fraction of sp³-hybridized carbons (Fsp3) is 0.818. The monoisotopic (exact) mass is 456 g/mol. The first-order valence-electron chi connectivity index (χ1n) is 11.7. The maximum Gasteiger partial charge on any atom is 0.317 e. The van der Waals surface area contributed by atoms with E-state index in [0.717, 1.165) is 38.5 Å². The number of amides is 2. The minimum atomic E-state index is -1.04. The zero-order valence-electron chi connectivity index (χ0n) is 19.5. The lowest BCUT2D eigenvalue weighted by Gasteiger charge is -2.43. The molecule has 4 N–H and O–H groups in total. The molecule has 2 unspecified atom stereocenters. The molecule has 10 heteroatoms. The molecule has 32 heavy (non-hydrogen) atoms. The van der Waals surface area contributed by atoms with Gasteiger partial charge in [0.05, 0.1) is 26.2 Å². The maximum absolute atomic E-state index is 12.4. The van der Waals surface area contributed by atoms with E-state index in [-0.39, 0.29) is 50.1 Å². The van der Waals surface area contributed by atoms with Crippen molar-refractivity contribution in [3.8, 4) is 0 Å². The van der Waals surface area contributed by atoms with Gasteiger partial charge in [-0.05, 0) is 25.7 Å². The summed E-state index contributed by atoms with van der Waals surface area (Å²) in [5, 5.41) is 24.5. The summed E-state index contributed by atoms with van der Waals surface area (Å²) in [5.74, 6) is -2.58. The second kappa shape index (κ2) is 15.6. The number of hydrogen-bond donors (Lipinski definition) is 4. The molecule has 0 aliphatic heterocycles. The normalized spacial score (nSPS) is 18.5. The highest BCUT2D eigenvalue weighted by atomic mass is 16.4. The SMILES string of the molecule is CCCCNC(=O)CN(CC(=O)O)C1CCCCC1N(CC(=O)O)CC(=O)NCCCC. The predicted molar refractivity (Wildman–Crippen MR) is 120 cm³/mol. The van der Waals surface area contributed by atoms with Gasteiger partial charge in [-0.1, -0.05) is 39.5 Å². The average molecular weight is 457 g/mol. The van der Waals surface area contributed by atoms with E-state index in [1.54, 1.807) is 9.80 Å². The van der Waals surface area contributed by atoms with Crippen molar-refractivity contribution in [3.63, 3.8) is 0 Å². The van der Waals surface area contributed by atoms with Gasteiger partial charge in [0.15, 0.2) is 0 Å². The molecule has 0 aromatic rings. The Bertz CT molecular complexity index is 563. The van der Waals surface area contributed by atoms with Gasteiger partial charge < -0.3 is 20.8 Å². The molecule has 0 aromatic heterocycles. The van der Waals surface area contributed by atoms with Crippen molar-refractivity contribution in [1.29, 1.82) is 0 Å². The molecule has 1 aliphatic rings. The van der Waals surface area contributed by atoms with E-state index >= 15 is 0 Å². The van der Waals surface area contributed by atoms with Crippen LogP contribution in [0, 0.1) is 0 Å². The van der Waals surface area contributed by atoms with Crippen molar-refractivity contribution in [3.05, 3.63) is 0 Å². The Morgan fingerprint density at radius 1 is 0.719 bits per heavy atom. The molecule has 1 saturated carbocycles. The maximum atomic E-state index is 12.4. The molecule has 0 bridgehead atoms. The second-order valence-electron chi connectivity index (χ2n) is 8.42. The Morgan fingerprint density at radius 3 is 1.41 bits per heavy atom. The Labute approximate surface area is 190 Å². The topological polar surface area (TPSA) is 139 Å². The molecule has 0 heterocycles. The van der Waals surface area contributed by atoms with Crippen LogP contribution in [0.15, 0.2) is 0 Å². The number of nitrogens with zero attached hydrogens (tertiary/aromatic N) is 2. The average Bonchev–Trinajstić information content (AvgIpc) is 2.72. The van der Waals surface area contributed by atoms with Crippen LogP contribution in [-0.4, -0.2) is 95.1 Å². The molecule has 184 valence electrons. The highest BCUT2D eigenvalue weighted by Crippen LogP contribution is 2.27. The Hall–Kier alpha value is -2.20. The van der Waals surface area contributed by atoms with E-state index in [2.05, 4.69) is 10.6 Å². The quantitative estimate of drug-likeness (QED) is 0.251. The summed E-state index contributed by atoms with van der Waals surface area (Å²) in [7, 11) is 0. The molecule has 1 rings (SSSR count). The molecule has 0 aromatic carbocycles. The van der Waals surface area contributed by atoms with Crippen molar-refractivity contribution in [1.82, 2.24) is 20.4 Å². The number of hydrogen-bond acceptors (Lipinski definition) is 6. The third kappa shape index (κ3) is 10.9. The number of rotatable bonds is 16. The fourth-order valence-electron chi connectivity index (χ4n) is 4.16. The van der Waals surface area contributed by atoms with Gasteiger partial charge in [0.25, 0.3) is 0 Å². The number of aliphatic carboxylic acids is 2. The van der Waals surface area contributed by atoms with Crippen LogP contribution in [0.1, 0.15) is 65.2 Å². The van der Waals surface area contributed by atoms with E-state index in [0.29, 0.717) is 25.9 Å². The lowest BCUT2D eigenvalue weighted by atomic mass is 9.87. The highest BCUT2D eigenvalue weighted by Gasteiger charge is 2.37.